The fraction of sp³-hybridized carbons (Fsp3) is 0.0500. The van der Waals surface area contributed by atoms with Gasteiger partial charge in [0, 0.05) is 39.5 Å². The Labute approximate surface area is 134 Å². The van der Waals surface area contributed by atoms with Crippen LogP contribution in [0.3, 0.4) is 0 Å². The Morgan fingerprint density at radius 2 is 1.91 bits per heavy atom. The second kappa shape index (κ2) is 5.19. The standard InChI is InChI=1S/C20H14N2O/c1-2-11-22-13-14(15-7-4-6-10-19(15)22)12-17-16-8-3-5-9-18(16)21-20(17)23/h1,3-10,12-13H,11H2,(H,21,23)/b17-12-. The number of fused-ring (bicyclic) bond motifs is 2. The lowest BCUT2D eigenvalue weighted by Gasteiger charge is -1.97. The van der Waals surface area contributed by atoms with Gasteiger partial charge in [0.25, 0.3) is 5.91 Å². The molecule has 1 amide bonds. The normalized spacial score (nSPS) is 14.7. The Morgan fingerprint density at radius 3 is 2.78 bits per heavy atom. The Bertz CT molecular complexity index is 1000. The minimum absolute atomic E-state index is 0.0695. The number of aromatic nitrogens is 1. The van der Waals surface area contributed by atoms with Crippen molar-refractivity contribution in [2.24, 2.45) is 0 Å². The maximum atomic E-state index is 12.3. The molecule has 0 aliphatic carbocycles. The van der Waals surface area contributed by atoms with E-state index in [1.165, 1.54) is 0 Å². The van der Waals surface area contributed by atoms with E-state index in [2.05, 4.69) is 11.2 Å². The highest BCUT2D eigenvalue weighted by atomic mass is 16.2. The van der Waals surface area contributed by atoms with E-state index in [0.29, 0.717) is 12.1 Å². The minimum atomic E-state index is -0.0695. The summed E-state index contributed by atoms with van der Waals surface area (Å²) < 4.78 is 2.03. The zero-order chi connectivity index (χ0) is 15.8. The van der Waals surface area contributed by atoms with E-state index in [1.54, 1.807) is 0 Å². The number of rotatable bonds is 2. The molecule has 0 spiro atoms. The summed E-state index contributed by atoms with van der Waals surface area (Å²) in [5, 5.41) is 3.99. The highest BCUT2D eigenvalue weighted by Gasteiger charge is 2.23. The first-order valence-corrected chi connectivity index (χ1v) is 7.42. The summed E-state index contributed by atoms with van der Waals surface area (Å²) in [6, 6.07) is 15.8. The van der Waals surface area contributed by atoms with Gasteiger partial charge in [-0.2, -0.15) is 0 Å². The molecule has 0 saturated carbocycles. The van der Waals surface area contributed by atoms with Crippen molar-refractivity contribution in [1.29, 1.82) is 0 Å². The average Bonchev–Trinajstić information content (AvgIpc) is 3.07. The van der Waals surface area contributed by atoms with Crippen molar-refractivity contribution in [3.8, 4) is 12.3 Å². The molecule has 3 heteroatoms. The lowest BCUT2D eigenvalue weighted by Crippen LogP contribution is -2.03. The first-order chi connectivity index (χ1) is 11.3. The van der Waals surface area contributed by atoms with E-state index in [9.17, 15) is 4.79 Å². The topological polar surface area (TPSA) is 34.0 Å². The SMILES string of the molecule is C#CCn1cc(/C=C2\C(=O)Nc3ccccc32)c2ccccc21. The van der Waals surface area contributed by atoms with Crippen LogP contribution in [0.25, 0.3) is 22.6 Å². The smallest absolute Gasteiger partial charge is 0.256 e. The third kappa shape index (κ3) is 2.13. The molecule has 4 rings (SSSR count). The molecule has 0 atom stereocenters. The summed E-state index contributed by atoms with van der Waals surface area (Å²) in [6.45, 7) is 0.506. The summed E-state index contributed by atoms with van der Waals surface area (Å²) in [7, 11) is 0. The molecular weight excluding hydrogens is 284 g/mol. The van der Waals surface area contributed by atoms with E-state index in [4.69, 9.17) is 6.42 Å². The van der Waals surface area contributed by atoms with Gasteiger partial charge in [-0.15, -0.1) is 6.42 Å². The van der Waals surface area contributed by atoms with E-state index >= 15 is 0 Å². The largest absolute Gasteiger partial charge is 0.335 e. The first kappa shape index (κ1) is 13.4. The van der Waals surface area contributed by atoms with E-state index in [0.717, 1.165) is 27.7 Å². The molecule has 1 aliphatic rings. The van der Waals surface area contributed by atoms with Crippen LogP contribution in [0.4, 0.5) is 5.69 Å². The van der Waals surface area contributed by atoms with Crippen LogP contribution in [0, 0.1) is 12.3 Å². The summed E-state index contributed by atoms with van der Waals surface area (Å²) in [5.41, 5.74) is 4.55. The number of carbonyl (C=O) groups excluding carboxylic acids is 1. The van der Waals surface area contributed by atoms with Gasteiger partial charge in [0.15, 0.2) is 0 Å². The fourth-order valence-electron chi connectivity index (χ4n) is 3.06. The van der Waals surface area contributed by atoms with Crippen molar-refractivity contribution in [1.82, 2.24) is 4.57 Å². The van der Waals surface area contributed by atoms with Crippen LogP contribution in [0.5, 0.6) is 0 Å². The molecule has 110 valence electrons. The van der Waals surface area contributed by atoms with Crippen LogP contribution in [0.15, 0.2) is 54.7 Å². The number of carbonyl (C=O) groups is 1. The summed E-state index contributed by atoms with van der Waals surface area (Å²) >= 11 is 0. The quantitative estimate of drug-likeness (QED) is 0.567. The number of anilines is 1. The van der Waals surface area contributed by atoms with Gasteiger partial charge < -0.3 is 9.88 Å². The number of terminal acetylenes is 1. The molecule has 2 heterocycles. The Hall–Kier alpha value is -3.25. The van der Waals surface area contributed by atoms with Crippen molar-refractivity contribution in [2.75, 3.05) is 5.32 Å². The highest BCUT2D eigenvalue weighted by molar-refractivity contribution is 6.35. The molecule has 1 aromatic heterocycles. The monoisotopic (exact) mass is 298 g/mol. The predicted molar refractivity (Wildman–Crippen MR) is 93.7 cm³/mol. The van der Waals surface area contributed by atoms with Crippen molar-refractivity contribution in [2.45, 2.75) is 6.54 Å². The molecule has 3 nitrogen and oxygen atoms in total. The maximum Gasteiger partial charge on any atom is 0.256 e. The number of amides is 1. The molecule has 3 aromatic rings. The number of nitrogens with zero attached hydrogens (tertiary/aromatic N) is 1. The van der Waals surface area contributed by atoms with Crippen LogP contribution in [-0.4, -0.2) is 10.5 Å². The summed E-state index contributed by atoms with van der Waals surface area (Å²) in [6.07, 6.45) is 9.41. The van der Waals surface area contributed by atoms with Gasteiger partial charge >= 0.3 is 0 Å². The van der Waals surface area contributed by atoms with Gasteiger partial charge in [0.1, 0.15) is 0 Å². The van der Waals surface area contributed by atoms with Gasteiger partial charge in [-0.3, -0.25) is 4.79 Å². The van der Waals surface area contributed by atoms with Gasteiger partial charge in [-0.05, 0) is 18.2 Å². The number of benzene rings is 2. The van der Waals surface area contributed by atoms with Crippen LogP contribution < -0.4 is 5.32 Å². The zero-order valence-corrected chi connectivity index (χ0v) is 12.4. The van der Waals surface area contributed by atoms with Gasteiger partial charge in [0.2, 0.25) is 0 Å². The van der Waals surface area contributed by atoms with Crippen molar-refractivity contribution in [3.05, 3.63) is 65.9 Å². The predicted octanol–water partition coefficient (Wildman–Crippen LogP) is 3.77. The lowest BCUT2D eigenvalue weighted by atomic mass is 10.0. The number of para-hydroxylation sites is 2. The van der Waals surface area contributed by atoms with Crippen LogP contribution in [-0.2, 0) is 11.3 Å². The van der Waals surface area contributed by atoms with Gasteiger partial charge in [-0.25, -0.2) is 0 Å². The third-order valence-corrected chi connectivity index (χ3v) is 4.09. The second-order valence-corrected chi connectivity index (χ2v) is 5.49. The van der Waals surface area contributed by atoms with Crippen LogP contribution in [0.1, 0.15) is 11.1 Å². The lowest BCUT2D eigenvalue weighted by molar-refractivity contribution is -0.110. The van der Waals surface area contributed by atoms with E-state index in [1.807, 2.05) is 65.4 Å². The highest BCUT2D eigenvalue weighted by Crippen LogP contribution is 2.34. The summed E-state index contributed by atoms with van der Waals surface area (Å²) in [5.74, 6) is 2.60. The number of hydrogen-bond donors (Lipinski definition) is 1. The average molecular weight is 298 g/mol. The molecule has 0 fully saturated rings. The van der Waals surface area contributed by atoms with Crippen molar-refractivity contribution >= 4 is 34.1 Å². The molecule has 0 radical (unpaired) electrons. The third-order valence-electron chi connectivity index (χ3n) is 4.09. The summed E-state index contributed by atoms with van der Waals surface area (Å²) in [4.78, 5) is 12.3. The van der Waals surface area contributed by atoms with Crippen LogP contribution >= 0.6 is 0 Å². The maximum absolute atomic E-state index is 12.3. The molecule has 0 saturated heterocycles. The molecule has 0 bridgehead atoms. The number of nitrogens with one attached hydrogen (secondary N) is 1. The molecular formula is C20H14N2O. The zero-order valence-electron chi connectivity index (χ0n) is 12.4. The van der Waals surface area contributed by atoms with E-state index < -0.39 is 0 Å². The molecule has 1 aliphatic heterocycles. The first-order valence-electron chi connectivity index (χ1n) is 7.42. The Morgan fingerprint density at radius 1 is 1.13 bits per heavy atom. The van der Waals surface area contributed by atoms with Crippen molar-refractivity contribution < 1.29 is 4.79 Å². The molecule has 1 N–H and O–H groups in total. The molecule has 2 aromatic carbocycles. The molecule has 23 heavy (non-hydrogen) atoms. The van der Waals surface area contributed by atoms with E-state index in [-0.39, 0.29) is 5.91 Å². The Balaban J connectivity index is 1.91. The van der Waals surface area contributed by atoms with Gasteiger partial charge in [0.05, 0.1) is 6.54 Å². The Kier molecular flexibility index (Phi) is 3.03. The minimum Gasteiger partial charge on any atom is -0.335 e. The van der Waals surface area contributed by atoms with Gasteiger partial charge in [-0.1, -0.05) is 42.3 Å². The van der Waals surface area contributed by atoms with Crippen LogP contribution in [0.2, 0.25) is 0 Å². The fourth-order valence-corrected chi connectivity index (χ4v) is 3.06. The number of hydrogen-bond acceptors (Lipinski definition) is 1. The second-order valence-electron chi connectivity index (χ2n) is 5.49. The van der Waals surface area contributed by atoms with Crippen molar-refractivity contribution in [3.63, 3.8) is 0 Å². The molecule has 0 unspecified atom stereocenters.